The fourth-order valence-electron chi connectivity index (χ4n) is 2.67. The van der Waals surface area contributed by atoms with Crippen molar-refractivity contribution in [2.45, 2.75) is 11.6 Å². The fraction of sp³-hybridized carbons (Fsp3) is 0.833. The second-order valence-electron chi connectivity index (χ2n) is 5.22. The molecule has 0 radical (unpaired) electrons. The molecule has 0 aliphatic carbocycles. The first kappa shape index (κ1) is 14.2. The number of nitrogens with one attached hydrogen (secondary N) is 1. The lowest BCUT2D eigenvalue weighted by molar-refractivity contribution is -0.202. The molecule has 2 fully saturated rings. The zero-order valence-electron chi connectivity index (χ0n) is 11.6. The summed E-state index contributed by atoms with van der Waals surface area (Å²) in [7, 11) is 5.03. The van der Waals surface area contributed by atoms with Crippen molar-refractivity contribution in [2.24, 2.45) is 0 Å². The van der Waals surface area contributed by atoms with Crippen LogP contribution in [-0.2, 0) is 19.1 Å². The molecule has 7 heteroatoms. The molecule has 0 aromatic carbocycles. The molecule has 2 aliphatic rings. The van der Waals surface area contributed by atoms with E-state index in [9.17, 15) is 9.59 Å². The highest BCUT2D eigenvalue weighted by atomic mass is 16.5. The van der Waals surface area contributed by atoms with Crippen molar-refractivity contribution in [3.05, 3.63) is 0 Å². The van der Waals surface area contributed by atoms with E-state index in [4.69, 9.17) is 9.47 Å². The van der Waals surface area contributed by atoms with Crippen LogP contribution in [0, 0.1) is 0 Å². The minimum Gasteiger partial charge on any atom is -0.375 e. The lowest BCUT2D eigenvalue weighted by Gasteiger charge is -2.54. The highest BCUT2D eigenvalue weighted by Gasteiger charge is 2.50. The van der Waals surface area contributed by atoms with Gasteiger partial charge in [0.25, 0.3) is 0 Å². The molecule has 2 aliphatic heterocycles. The third kappa shape index (κ3) is 2.72. The summed E-state index contributed by atoms with van der Waals surface area (Å²) in [6, 6.07) is -0.251. The van der Waals surface area contributed by atoms with Gasteiger partial charge in [-0.25, -0.2) is 0 Å². The number of hydrogen-bond acceptors (Lipinski definition) is 5. The van der Waals surface area contributed by atoms with E-state index in [2.05, 4.69) is 5.32 Å². The van der Waals surface area contributed by atoms with Gasteiger partial charge in [0.1, 0.15) is 18.2 Å². The van der Waals surface area contributed by atoms with E-state index in [1.54, 1.807) is 11.9 Å². The first-order valence-electron chi connectivity index (χ1n) is 6.34. The van der Waals surface area contributed by atoms with Crippen LogP contribution in [-0.4, -0.2) is 87.3 Å². The van der Waals surface area contributed by atoms with Gasteiger partial charge in [-0.05, 0) is 7.05 Å². The smallest absolute Gasteiger partial charge is 0.248 e. The molecule has 0 aromatic rings. The summed E-state index contributed by atoms with van der Waals surface area (Å²) in [6.07, 6.45) is 0. The second kappa shape index (κ2) is 5.44. The van der Waals surface area contributed by atoms with Crippen LogP contribution in [0.2, 0.25) is 0 Å². The lowest BCUT2D eigenvalue weighted by atomic mass is 9.90. The standard InChI is InChI=1S/C12H21N3O4/c1-13-11(17)9-4-19-12(6-14(9)2)7-15(8-12)10(16)5-18-3/h9H,4-8H2,1-3H3,(H,13,17)/t9-/m0/s1. The molecule has 2 saturated heterocycles. The molecule has 0 bridgehead atoms. The molecule has 7 nitrogen and oxygen atoms in total. The molecule has 19 heavy (non-hydrogen) atoms. The van der Waals surface area contributed by atoms with Gasteiger partial charge in [0, 0.05) is 20.7 Å². The molecule has 0 aromatic heterocycles. The van der Waals surface area contributed by atoms with Gasteiger partial charge in [0.05, 0.1) is 19.7 Å². The van der Waals surface area contributed by atoms with Crippen LogP contribution in [0.15, 0.2) is 0 Å². The normalized spacial score (nSPS) is 26.1. The van der Waals surface area contributed by atoms with Crippen LogP contribution in [0.5, 0.6) is 0 Å². The van der Waals surface area contributed by atoms with E-state index in [-0.39, 0.29) is 30.1 Å². The van der Waals surface area contributed by atoms with Gasteiger partial charge in [-0.2, -0.15) is 0 Å². The Morgan fingerprint density at radius 1 is 1.42 bits per heavy atom. The number of rotatable bonds is 3. The summed E-state index contributed by atoms with van der Waals surface area (Å²) in [5.74, 6) is -0.0585. The maximum atomic E-state index is 11.6. The number of carbonyl (C=O) groups excluding carboxylic acids is 2. The Morgan fingerprint density at radius 2 is 2.11 bits per heavy atom. The lowest BCUT2D eigenvalue weighted by Crippen LogP contribution is -2.73. The van der Waals surface area contributed by atoms with Crippen molar-refractivity contribution in [1.82, 2.24) is 15.1 Å². The summed E-state index contributed by atoms with van der Waals surface area (Å²) in [5.41, 5.74) is -0.317. The largest absolute Gasteiger partial charge is 0.375 e. The van der Waals surface area contributed by atoms with E-state index < -0.39 is 0 Å². The fourth-order valence-corrected chi connectivity index (χ4v) is 2.67. The highest BCUT2D eigenvalue weighted by Crippen LogP contribution is 2.30. The van der Waals surface area contributed by atoms with E-state index in [1.165, 1.54) is 7.11 Å². The van der Waals surface area contributed by atoms with Gasteiger partial charge in [-0.1, -0.05) is 0 Å². The molecule has 1 N–H and O–H groups in total. The van der Waals surface area contributed by atoms with Crippen molar-refractivity contribution in [2.75, 3.05) is 54.1 Å². The van der Waals surface area contributed by atoms with Gasteiger partial charge in [-0.3, -0.25) is 14.5 Å². The number of carbonyl (C=O) groups is 2. The Balaban J connectivity index is 1.87. The number of hydrogen-bond donors (Lipinski definition) is 1. The van der Waals surface area contributed by atoms with Crippen molar-refractivity contribution >= 4 is 11.8 Å². The van der Waals surface area contributed by atoms with Crippen LogP contribution in [0.25, 0.3) is 0 Å². The van der Waals surface area contributed by atoms with Gasteiger partial charge < -0.3 is 19.7 Å². The second-order valence-corrected chi connectivity index (χ2v) is 5.22. The van der Waals surface area contributed by atoms with Crippen LogP contribution >= 0.6 is 0 Å². The number of likely N-dealkylation sites (tertiary alicyclic amines) is 1. The molecule has 0 saturated carbocycles. The third-order valence-electron chi connectivity index (χ3n) is 3.74. The van der Waals surface area contributed by atoms with Crippen LogP contribution in [0.1, 0.15) is 0 Å². The molecule has 2 amide bonds. The summed E-state index contributed by atoms with van der Waals surface area (Å²) >= 11 is 0. The molecule has 2 heterocycles. The third-order valence-corrected chi connectivity index (χ3v) is 3.74. The Labute approximate surface area is 112 Å². The van der Waals surface area contributed by atoms with Gasteiger partial charge in [0.2, 0.25) is 11.8 Å². The minimum atomic E-state index is -0.317. The van der Waals surface area contributed by atoms with Crippen molar-refractivity contribution < 1.29 is 19.1 Å². The molecule has 0 unspecified atom stereocenters. The predicted octanol–water partition coefficient (Wildman–Crippen LogP) is -1.71. The van der Waals surface area contributed by atoms with E-state index in [1.807, 2.05) is 11.9 Å². The zero-order valence-corrected chi connectivity index (χ0v) is 11.6. The minimum absolute atomic E-state index is 0.0206. The first-order chi connectivity index (χ1) is 9.01. The molecule has 1 atom stereocenters. The summed E-state index contributed by atoms with van der Waals surface area (Å²) < 4.78 is 10.7. The molecule has 2 rings (SSSR count). The Bertz CT molecular complexity index is 368. The average Bonchev–Trinajstić information content (AvgIpc) is 2.35. The van der Waals surface area contributed by atoms with Crippen molar-refractivity contribution in [1.29, 1.82) is 0 Å². The van der Waals surface area contributed by atoms with Crippen LogP contribution in [0.4, 0.5) is 0 Å². The molecule has 1 spiro atoms. The monoisotopic (exact) mass is 271 g/mol. The van der Waals surface area contributed by atoms with Crippen LogP contribution in [0.3, 0.4) is 0 Å². The zero-order chi connectivity index (χ0) is 14.0. The summed E-state index contributed by atoms with van der Waals surface area (Å²) in [4.78, 5) is 27.0. The van der Waals surface area contributed by atoms with Gasteiger partial charge >= 0.3 is 0 Å². The molecule has 108 valence electrons. The molecular formula is C12H21N3O4. The number of amides is 2. The quantitative estimate of drug-likeness (QED) is 0.662. The number of methoxy groups -OCH3 is 1. The van der Waals surface area contributed by atoms with E-state index >= 15 is 0 Å². The number of morpholine rings is 1. The Hall–Kier alpha value is -1.18. The number of nitrogens with zero attached hydrogens (tertiary/aromatic N) is 2. The Kier molecular flexibility index (Phi) is 4.07. The summed E-state index contributed by atoms with van der Waals surface area (Å²) in [6.45, 7) is 2.26. The maximum Gasteiger partial charge on any atom is 0.248 e. The van der Waals surface area contributed by atoms with E-state index in [0.29, 0.717) is 26.2 Å². The van der Waals surface area contributed by atoms with Crippen LogP contribution < -0.4 is 5.32 Å². The highest BCUT2D eigenvalue weighted by molar-refractivity contribution is 5.82. The summed E-state index contributed by atoms with van der Waals surface area (Å²) in [5, 5.41) is 2.63. The van der Waals surface area contributed by atoms with Gasteiger partial charge in [-0.15, -0.1) is 0 Å². The van der Waals surface area contributed by atoms with E-state index in [0.717, 1.165) is 0 Å². The topological polar surface area (TPSA) is 71.1 Å². The van der Waals surface area contributed by atoms with Gasteiger partial charge in [0.15, 0.2) is 0 Å². The predicted molar refractivity (Wildman–Crippen MR) is 67.6 cm³/mol. The maximum absolute atomic E-state index is 11.6. The SMILES string of the molecule is CNC(=O)[C@@H]1COC2(CN(C(=O)COC)C2)CN1C. The number of likely N-dealkylation sites (N-methyl/N-ethyl adjacent to an activating group) is 2. The first-order valence-corrected chi connectivity index (χ1v) is 6.34. The average molecular weight is 271 g/mol. The number of ether oxygens (including phenoxy) is 2. The van der Waals surface area contributed by atoms with Crippen molar-refractivity contribution in [3.63, 3.8) is 0 Å². The van der Waals surface area contributed by atoms with Crippen molar-refractivity contribution in [3.8, 4) is 0 Å². The Morgan fingerprint density at radius 3 is 2.63 bits per heavy atom. The molecular weight excluding hydrogens is 250 g/mol.